The molecule has 0 fully saturated rings. The highest BCUT2D eigenvalue weighted by Crippen LogP contribution is 2.09. The Morgan fingerprint density at radius 2 is 1.93 bits per heavy atom. The van der Waals surface area contributed by atoms with E-state index in [1.54, 1.807) is 36.2 Å². The maximum Gasteiger partial charge on any atom is 0.332 e. The number of aromatic amines is 1. The van der Waals surface area contributed by atoms with Crippen molar-refractivity contribution in [1.29, 1.82) is 0 Å². The Balaban J connectivity index is 1.87. The van der Waals surface area contributed by atoms with E-state index in [2.05, 4.69) is 9.97 Å². The highest BCUT2D eigenvalue weighted by Gasteiger charge is 2.22. The maximum atomic E-state index is 12.8. The molecule has 10 nitrogen and oxygen atoms in total. The first-order valence-corrected chi connectivity index (χ1v) is 9.53. The fourth-order valence-electron chi connectivity index (χ4n) is 3.33. The van der Waals surface area contributed by atoms with Crippen molar-refractivity contribution in [2.45, 2.75) is 26.4 Å². The molecule has 2 heterocycles. The summed E-state index contributed by atoms with van der Waals surface area (Å²) in [7, 11) is 2.98. The molecular weight excluding hydrogens is 388 g/mol. The molecule has 3 rings (SSSR count). The highest BCUT2D eigenvalue weighted by atomic mass is 16.2. The van der Waals surface area contributed by atoms with Crippen LogP contribution in [-0.2, 0) is 20.1 Å². The molecule has 1 aromatic carbocycles. The topological polar surface area (TPSA) is 136 Å². The molecule has 0 radical (unpaired) electrons. The Morgan fingerprint density at radius 3 is 2.63 bits per heavy atom. The van der Waals surface area contributed by atoms with Gasteiger partial charge in [-0.25, -0.2) is 9.78 Å². The summed E-state index contributed by atoms with van der Waals surface area (Å²) in [5.41, 5.74) is 4.81. The summed E-state index contributed by atoms with van der Waals surface area (Å²) in [6.07, 6.45) is 0.622. The number of nitrogens with one attached hydrogen (secondary N) is 1. The van der Waals surface area contributed by atoms with Crippen LogP contribution in [-0.4, -0.2) is 43.4 Å². The van der Waals surface area contributed by atoms with E-state index in [4.69, 9.17) is 5.73 Å². The van der Waals surface area contributed by atoms with Crippen molar-refractivity contribution in [2.75, 3.05) is 19.3 Å². The van der Waals surface area contributed by atoms with Gasteiger partial charge in [0.15, 0.2) is 5.78 Å². The number of nitrogens with zero attached hydrogens (tertiary/aromatic N) is 4. The molecule has 0 amide bonds. The number of Topliss-reactive ketones (excluding diaryl/α,β-unsaturated/α-hetero) is 1. The van der Waals surface area contributed by atoms with Crippen LogP contribution < -0.4 is 22.5 Å². The van der Waals surface area contributed by atoms with Gasteiger partial charge in [-0.05, 0) is 25.6 Å². The van der Waals surface area contributed by atoms with Crippen LogP contribution in [0.15, 0.2) is 38.6 Å². The number of hydrogen-bond donors (Lipinski definition) is 2. The Bertz CT molecular complexity index is 1290. The largest absolute Gasteiger partial charge is 0.384 e. The number of nitrogen functional groups attached to an aromatic ring is 1. The lowest BCUT2D eigenvalue weighted by Gasteiger charge is -2.17. The van der Waals surface area contributed by atoms with E-state index in [-0.39, 0.29) is 30.0 Å². The zero-order chi connectivity index (χ0) is 22.0. The first kappa shape index (κ1) is 21.2. The quantitative estimate of drug-likeness (QED) is 0.525. The van der Waals surface area contributed by atoms with Gasteiger partial charge in [-0.3, -0.25) is 28.4 Å². The number of H-pyrrole nitrogens is 1. The van der Waals surface area contributed by atoms with Gasteiger partial charge in [-0.2, -0.15) is 0 Å². The van der Waals surface area contributed by atoms with Crippen LogP contribution in [0, 0.1) is 0 Å². The number of hydrogen-bond acceptors (Lipinski definition) is 7. The van der Waals surface area contributed by atoms with Gasteiger partial charge in [-0.1, -0.05) is 19.1 Å². The molecule has 30 heavy (non-hydrogen) atoms. The third-order valence-electron chi connectivity index (χ3n) is 4.80. The smallest absolute Gasteiger partial charge is 0.332 e. The Labute approximate surface area is 171 Å². The van der Waals surface area contributed by atoms with E-state index in [9.17, 15) is 19.2 Å². The third kappa shape index (κ3) is 3.94. The number of likely N-dealkylation sites (N-methyl/N-ethyl adjacent to an activating group) is 1. The van der Waals surface area contributed by atoms with Crippen molar-refractivity contribution in [3.63, 3.8) is 0 Å². The average molecular weight is 412 g/mol. The molecule has 3 N–H and O–H groups in total. The Kier molecular flexibility index (Phi) is 5.97. The molecule has 0 unspecified atom stereocenters. The molecule has 0 saturated heterocycles. The summed E-state index contributed by atoms with van der Waals surface area (Å²) in [4.78, 5) is 58.6. The Morgan fingerprint density at radius 1 is 1.23 bits per heavy atom. The molecule has 0 saturated carbocycles. The minimum atomic E-state index is -0.722. The minimum Gasteiger partial charge on any atom is -0.384 e. The number of anilines is 1. The molecule has 158 valence electrons. The second-order valence-corrected chi connectivity index (χ2v) is 7.18. The van der Waals surface area contributed by atoms with Gasteiger partial charge in [0.2, 0.25) is 0 Å². The number of rotatable bonds is 7. The first-order chi connectivity index (χ1) is 14.2. The predicted octanol–water partition coefficient (Wildman–Crippen LogP) is 0.0904. The number of ketones is 1. The van der Waals surface area contributed by atoms with E-state index in [1.165, 1.54) is 11.6 Å². The van der Waals surface area contributed by atoms with Gasteiger partial charge in [0.25, 0.3) is 11.1 Å². The lowest BCUT2D eigenvalue weighted by molar-refractivity contribution is 0.0939. The fourth-order valence-corrected chi connectivity index (χ4v) is 3.33. The van der Waals surface area contributed by atoms with Crippen molar-refractivity contribution in [2.24, 2.45) is 7.05 Å². The van der Waals surface area contributed by atoms with Gasteiger partial charge >= 0.3 is 5.69 Å². The van der Waals surface area contributed by atoms with Crippen molar-refractivity contribution in [1.82, 2.24) is 24.0 Å². The molecule has 0 aliphatic heterocycles. The van der Waals surface area contributed by atoms with Gasteiger partial charge in [0.05, 0.1) is 24.0 Å². The molecule has 0 aliphatic carbocycles. The first-order valence-electron chi connectivity index (χ1n) is 9.53. The molecular formula is C20H24N6O4. The van der Waals surface area contributed by atoms with Crippen LogP contribution in [0.4, 0.5) is 5.82 Å². The number of carbonyl (C=O) groups excluding carboxylic acids is 1. The lowest BCUT2D eigenvalue weighted by atomic mass is 10.1. The van der Waals surface area contributed by atoms with Gasteiger partial charge in [0.1, 0.15) is 17.2 Å². The van der Waals surface area contributed by atoms with Gasteiger partial charge in [-0.15, -0.1) is 0 Å². The summed E-state index contributed by atoms with van der Waals surface area (Å²) in [6, 6.07) is 6.96. The highest BCUT2D eigenvalue weighted by molar-refractivity contribution is 6.01. The van der Waals surface area contributed by atoms with Crippen molar-refractivity contribution < 1.29 is 4.79 Å². The predicted molar refractivity (Wildman–Crippen MR) is 114 cm³/mol. The number of benzene rings is 1. The summed E-state index contributed by atoms with van der Waals surface area (Å²) < 4.78 is 2.12. The number of carbonyl (C=O) groups is 1. The second-order valence-electron chi connectivity index (χ2n) is 7.18. The number of aromatic nitrogens is 4. The molecule has 0 spiro atoms. The summed E-state index contributed by atoms with van der Waals surface area (Å²) in [5, 5.41) is 0.481. The van der Waals surface area contributed by atoms with Crippen molar-refractivity contribution in [3.05, 3.63) is 66.8 Å². The van der Waals surface area contributed by atoms with Gasteiger partial charge < -0.3 is 10.7 Å². The van der Waals surface area contributed by atoms with Crippen LogP contribution in [0.5, 0.6) is 0 Å². The van der Waals surface area contributed by atoms with E-state index >= 15 is 0 Å². The summed E-state index contributed by atoms with van der Waals surface area (Å²) >= 11 is 0. The molecule has 2 aromatic heterocycles. The van der Waals surface area contributed by atoms with Crippen LogP contribution in [0.3, 0.4) is 0 Å². The van der Waals surface area contributed by atoms with Gasteiger partial charge in [0, 0.05) is 13.6 Å². The molecule has 3 aromatic rings. The maximum absolute atomic E-state index is 12.8. The van der Waals surface area contributed by atoms with Crippen molar-refractivity contribution >= 4 is 22.5 Å². The molecule has 10 heteroatoms. The normalized spacial score (nSPS) is 11.3. The second kappa shape index (κ2) is 8.46. The standard InChI is InChI=1S/C20H24N6O4/c1-4-9-26-17(21)16(19(29)25(3)20(26)30)14(27)10-24(2)11-15-22-13-8-6-5-7-12(13)18(28)23-15/h5-8H,4,9-11,21H2,1-3H3,(H,22,23,28). The molecule has 0 bridgehead atoms. The molecule has 0 aliphatic rings. The van der Waals surface area contributed by atoms with Crippen molar-refractivity contribution in [3.8, 4) is 0 Å². The molecule has 0 atom stereocenters. The number of para-hydroxylation sites is 1. The zero-order valence-corrected chi connectivity index (χ0v) is 17.1. The summed E-state index contributed by atoms with van der Waals surface area (Å²) in [5.74, 6) is -0.241. The fraction of sp³-hybridized carbons (Fsp3) is 0.350. The average Bonchev–Trinajstić information content (AvgIpc) is 2.69. The van der Waals surface area contributed by atoms with E-state index in [1.807, 2.05) is 6.92 Å². The third-order valence-corrected chi connectivity index (χ3v) is 4.80. The SMILES string of the molecule is CCCn1c(N)c(C(=O)CN(C)Cc2nc3ccccc3c(=O)[nH]2)c(=O)n(C)c1=O. The van der Waals surface area contributed by atoms with E-state index in [0.717, 1.165) is 4.57 Å². The lowest BCUT2D eigenvalue weighted by Crippen LogP contribution is -2.43. The van der Waals surface area contributed by atoms with Crippen LogP contribution in [0.2, 0.25) is 0 Å². The monoisotopic (exact) mass is 412 g/mol. The van der Waals surface area contributed by atoms with Crippen LogP contribution in [0.1, 0.15) is 29.5 Å². The van der Waals surface area contributed by atoms with Crippen LogP contribution in [0.25, 0.3) is 10.9 Å². The number of nitrogens with two attached hydrogens (primary N) is 1. The number of fused-ring (bicyclic) bond motifs is 1. The summed E-state index contributed by atoms with van der Waals surface area (Å²) in [6.45, 7) is 2.21. The minimum absolute atomic E-state index is 0.124. The van der Waals surface area contributed by atoms with E-state index in [0.29, 0.717) is 29.7 Å². The zero-order valence-electron chi connectivity index (χ0n) is 17.1. The van der Waals surface area contributed by atoms with Crippen LogP contribution >= 0.6 is 0 Å². The Hall–Kier alpha value is -3.53. The van der Waals surface area contributed by atoms with E-state index < -0.39 is 17.0 Å².